The first-order valence-electron chi connectivity index (χ1n) is 8.97. The van der Waals surface area contributed by atoms with E-state index in [1.165, 1.54) is 5.57 Å². The Hall–Kier alpha value is -1.09. The van der Waals surface area contributed by atoms with Gasteiger partial charge in [-0.05, 0) is 74.1 Å². The zero-order chi connectivity index (χ0) is 17.7. The van der Waals surface area contributed by atoms with Gasteiger partial charge in [0.05, 0.1) is 11.2 Å². The Morgan fingerprint density at radius 3 is 2.09 bits per heavy atom. The highest BCUT2D eigenvalue weighted by Crippen LogP contribution is 2.50. The van der Waals surface area contributed by atoms with Gasteiger partial charge in [0.25, 0.3) is 0 Å². The van der Waals surface area contributed by atoms with E-state index < -0.39 is 0 Å². The first-order valence-corrected chi connectivity index (χ1v) is 8.97. The number of carbonyl (C=O) groups excluding carboxylic acids is 1. The molecule has 0 aromatic carbocycles. The molecular formula is C20H35NO2. The van der Waals surface area contributed by atoms with E-state index in [1.54, 1.807) is 6.08 Å². The molecule has 1 saturated heterocycles. The van der Waals surface area contributed by atoms with Crippen LogP contribution in [0.25, 0.3) is 0 Å². The van der Waals surface area contributed by atoms with Crippen LogP contribution in [-0.2, 0) is 9.53 Å². The molecule has 1 amide bonds. The van der Waals surface area contributed by atoms with Crippen LogP contribution in [0.5, 0.6) is 0 Å². The van der Waals surface area contributed by atoms with Gasteiger partial charge in [-0.1, -0.05) is 17.2 Å². The van der Waals surface area contributed by atoms with Crippen molar-refractivity contribution >= 4 is 5.91 Å². The monoisotopic (exact) mass is 321 g/mol. The average Bonchev–Trinajstić information content (AvgIpc) is 2.97. The van der Waals surface area contributed by atoms with Crippen LogP contribution >= 0.6 is 0 Å². The van der Waals surface area contributed by atoms with Crippen molar-refractivity contribution in [3.63, 3.8) is 0 Å². The van der Waals surface area contributed by atoms with Gasteiger partial charge in [0.15, 0.2) is 0 Å². The van der Waals surface area contributed by atoms with E-state index in [0.717, 1.165) is 44.3 Å². The maximum absolute atomic E-state index is 12.0. The van der Waals surface area contributed by atoms with Crippen LogP contribution in [0.2, 0.25) is 0 Å². The Kier molecular flexibility index (Phi) is 7.06. The molecule has 0 N–H and O–H groups in total. The van der Waals surface area contributed by atoms with Crippen LogP contribution in [0.15, 0.2) is 23.3 Å². The van der Waals surface area contributed by atoms with Gasteiger partial charge >= 0.3 is 0 Å². The number of amides is 1. The molecule has 0 bridgehead atoms. The highest BCUT2D eigenvalue weighted by molar-refractivity contribution is 5.88. The first-order chi connectivity index (χ1) is 10.6. The quantitative estimate of drug-likeness (QED) is 0.344. The molecule has 0 spiro atoms. The Morgan fingerprint density at radius 2 is 1.61 bits per heavy atom. The van der Waals surface area contributed by atoms with E-state index in [0.29, 0.717) is 0 Å². The lowest BCUT2D eigenvalue weighted by atomic mass is 9.91. The molecule has 3 nitrogen and oxygen atoms in total. The van der Waals surface area contributed by atoms with Crippen LogP contribution in [-0.4, -0.2) is 35.1 Å². The van der Waals surface area contributed by atoms with Gasteiger partial charge in [-0.2, -0.15) is 0 Å². The molecule has 1 rings (SSSR count). The van der Waals surface area contributed by atoms with Gasteiger partial charge in [-0.25, -0.2) is 0 Å². The predicted molar refractivity (Wildman–Crippen MR) is 97.5 cm³/mol. The summed E-state index contributed by atoms with van der Waals surface area (Å²) in [4.78, 5) is 13.9. The molecule has 23 heavy (non-hydrogen) atoms. The third-order valence-corrected chi connectivity index (χ3v) is 5.19. The molecule has 1 aliphatic rings. The second kappa shape index (κ2) is 8.14. The first kappa shape index (κ1) is 20.0. The minimum atomic E-state index is 0.0391. The van der Waals surface area contributed by atoms with Crippen molar-refractivity contribution in [2.75, 3.05) is 13.1 Å². The summed E-state index contributed by atoms with van der Waals surface area (Å²) in [7, 11) is 0. The molecular weight excluding hydrogens is 286 g/mol. The summed E-state index contributed by atoms with van der Waals surface area (Å²) < 4.78 is 5.79. The third kappa shape index (κ3) is 5.80. The maximum atomic E-state index is 12.0. The molecule has 1 aliphatic heterocycles. The van der Waals surface area contributed by atoms with Gasteiger partial charge in [-0.15, -0.1) is 0 Å². The Balaban J connectivity index is 2.35. The number of epoxide rings is 1. The second-order valence-electron chi connectivity index (χ2n) is 7.43. The number of hydrogen-bond donors (Lipinski definition) is 0. The van der Waals surface area contributed by atoms with E-state index in [2.05, 4.69) is 33.8 Å². The predicted octanol–water partition coefficient (Wildman–Crippen LogP) is 4.88. The van der Waals surface area contributed by atoms with E-state index in [1.807, 2.05) is 25.7 Å². The van der Waals surface area contributed by atoms with E-state index in [9.17, 15) is 4.79 Å². The fourth-order valence-corrected chi connectivity index (χ4v) is 2.88. The molecule has 1 atom stereocenters. The number of carbonyl (C=O) groups is 1. The average molecular weight is 322 g/mol. The van der Waals surface area contributed by atoms with Crippen LogP contribution in [0.1, 0.15) is 74.1 Å². The summed E-state index contributed by atoms with van der Waals surface area (Å²) in [6.07, 6.45) is 8.21. The molecule has 1 heterocycles. The van der Waals surface area contributed by atoms with Gasteiger partial charge in [0.1, 0.15) is 0 Å². The lowest BCUT2D eigenvalue weighted by Gasteiger charge is -2.16. The lowest BCUT2D eigenvalue weighted by Crippen LogP contribution is -2.28. The Bertz CT molecular complexity index is 472. The topological polar surface area (TPSA) is 32.8 Å². The lowest BCUT2D eigenvalue weighted by molar-refractivity contribution is -0.125. The summed E-state index contributed by atoms with van der Waals surface area (Å²) >= 11 is 0. The number of ether oxygens (including phenoxy) is 1. The maximum Gasteiger partial charge on any atom is 0.246 e. The number of hydrogen-bond acceptors (Lipinski definition) is 2. The van der Waals surface area contributed by atoms with Crippen molar-refractivity contribution in [2.45, 2.75) is 85.4 Å². The van der Waals surface area contributed by atoms with Crippen molar-refractivity contribution in [2.24, 2.45) is 0 Å². The van der Waals surface area contributed by atoms with Crippen molar-refractivity contribution in [1.82, 2.24) is 4.90 Å². The van der Waals surface area contributed by atoms with E-state index in [-0.39, 0.29) is 17.1 Å². The number of nitrogens with zero attached hydrogens (tertiary/aromatic N) is 1. The minimum absolute atomic E-state index is 0.0391. The van der Waals surface area contributed by atoms with E-state index >= 15 is 0 Å². The number of likely N-dealkylation sites (N-methyl/N-ethyl adjacent to an activating group) is 1. The van der Waals surface area contributed by atoms with Crippen LogP contribution in [0, 0.1) is 0 Å². The molecule has 0 aromatic heterocycles. The van der Waals surface area contributed by atoms with Gasteiger partial charge in [-0.3, -0.25) is 4.79 Å². The summed E-state index contributed by atoms with van der Waals surface area (Å²) in [6.45, 7) is 16.3. The zero-order valence-electron chi connectivity index (χ0n) is 16.2. The fraction of sp³-hybridized carbons (Fsp3) is 0.750. The number of rotatable bonds is 9. The third-order valence-electron chi connectivity index (χ3n) is 5.19. The van der Waals surface area contributed by atoms with Crippen LogP contribution in [0.3, 0.4) is 0 Å². The van der Waals surface area contributed by atoms with Crippen molar-refractivity contribution in [3.8, 4) is 0 Å². The molecule has 132 valence electrons. The normalized spacial score (nSPS) is 23.8. The van der Waals surface area contributed by atoms with Crippen molar-refractivity contribution in [3.05, 3.63) is 23.3 Å². The summed E-state index contributed by atoms with van der Waals surface area (Å²) in [5, 5.41) is 0. The molecule has 0 aromatic rings. The van der Waals surface area contributed by atoms with Crippen LogP contribution in [0.4, 0.5) is 0 Å². The van der Waals surface area contributed by atoms with E-state index in [4.69, 9.17) is 4.74 Å². The smallest absolute Gasteiger partial charge is 0.246 e. The molecule has 0 radical (unpaired) electrons. The van der Waals surface area contributed by atoms with Crippen molar-refractivity contribution < 1.29 is 9.53 Å². The highest BCUT2D eigenvalue weighted by Gasteiger charge is 2.59. The molecule has 3 heteroatoms. The number of allylic oxidation sites excluding steroid dienone is 3. The Labute approximate surface area is 142 Å². The summed E-state index contributed by atoms with van der Waals surface area (Å²) in [5.41, 5.74) is 2.66. The SMILES string of the molecule is CCN(CC)C(=O)/C=C(\C)CC/C=C(\C)CCC1(C)OC1(C)C. The standard InChI is InChI=1S/C20H35NO2/c1-8-21(9-2)18(22)15-17(4)12-10-11-16(3)13-14-20(7)19(5,6)23-20/h11,15H,8-10,12-14H2,1-7H3/b16-11+,17-15+. The largest absolute Gasteiger partial charge is 0.363 e. The van der Waals surface area contributed by atoms with Gasteiger partial charge in [0, 0.05) is 19.2 Å². The summed E-state index contributed by atoms with van der Waals surface area (Å²) in [6, 6.07) is 0. The summed E-state index contributed by atoms with van der Waals surface area (Å²) in [5.74, 6) is 0.134. The Morgan fingerprint density at radius 1 is 1.04 bits per heavy atom. The molecule has 0 aliphatic carbocycles. The van der Waals surface area contributed by atoms with Crippen LogP contribution < -0.4 is 0 Å². The molecule has 1 unspecified atom stereocenters. The fourth-order valence-electron chi connectivity index (χ4n) is 2.88. The zero-order valence-corrected chi connectivity index (χ0v) is 16.2. The highest BCUT2D eigenvalue weighted by atomic mass is 16.6. The second-order valence-corrected chi connectivity index (χ2v) is 7.43. The van der Waals surface area contributed by atoms with Crippen molar-refractivity contribution in [1.29, 1.82) is 0 Å². The molecule has 1 fully saturated rings. The minimum Gasteiger partial charge on any atom is -0.363 e. The van der Waals surface area contributed by atoms with Gasteiger partial charge in [0.2, 0.25) is 5.91 Å². The molecule has 0 saturated carbocycles. The van der Waals surface area contributed by atoms with Gasteiger partial charge < -0.3 is 9.64 Å².